The van der Waals surface area contributed by atoms with E-state index in [4.69, 9.17) is 11.6 Å². The Morgan fingerprint density at radius 2 is 2.31 bits per heavy atom. The Balaban J connectivity index is 2.87. The summed E-state index contributed by atoms with van der Waals surface area (Å²) in [6, 6.07) is 1.63. The summed E-state index contributed by atoms with van der Waals surface area (Å²) in [5.41, 5.74) is 0.868. The Morgan fingerprint density at radius 3 is 2.69 bits per heavy atom. The zero-order valence-corrected chi connectivity index (χ0v) is 8.85. The lowest BCUT2D eigenvalue weighted by Gasteiger charge is -1.99. The van der Waals surface area contributed by atoms with Crippen molar-refractivity contribution in [2.24, 2.45) is 7.05 Å². The highest BCUT2D eigenvalue weighted by Gasteiger charge is 2.10. The van der Waals surface area contributed by atoms with E-state index in [0.29, 0.717) is 5.82 Å². The Kier molecular flexibility index (Phi) is 2.82. The largest absolute Gasteiger partial charge is 0.271 e. The molecule has 1 aromatic heterocycles. The maximum Gasteiger partial charge on any atom is 0.248 e. The number of aryl methyl sites for hydroxylation is 2. The fourth-order valence-corrected chi connectivity index (χ4v) is 1.43. The molecule has 0 aromatic carbocycles. The molecule has 1 heterocycles. The van der Waals surface area contributed by atoms with Crippen molar-refractivity contribution in [3.05, 3.63) is 11.8 Å². The molecule has 1 aromatic rings. The van der Waals surface area contributed by atoms with Crippen LogP contribution in [0.5, 0.6) is 0 Å². The van der Waals surface area contributed by atoms with Crippen LogP contribution in [0.25, 0.3) is 0 Å². The molecule has 0 saturated heterocycles. The second-order valence-corrected chi connectivity index (χ2v) is 4.93. The van der Waals surface area contributed by atoms with Crippen molar-refractivity contribution < 1.29 is 8.42 Å². The maximum atomic E-state index is 11.0. The molecule has 0 fully saturated rings. The third-order valence-corrected chi connectivity index (χ3v) is 3.19. The Morgan fingerprint density at radius 1 is 1.69 bits per heavy atom. The highest BCUT2D eigenvalue weighted by molar-refractivity contribution is 7.93. The number of aromatic nitrogens is 2. The van der Waals surface area contributed by atoms with Crippen molar-refractivity contribution in [2.75, 3.05) is 9.93 Å². The van der Waals surface area contributed by atoms with Crippen LogP contribution in [0.1, 0.15) is 5.69 Å². The molecule has 0 spiro atoms. The van der Waals surface area contributed by atoms with Crippen LogP contribution in [0.2, 0.25) is 0 Å². The Bertz CT molecular complexity index is 379. The Labute approximate surface area is 81.7 Å². The van der Waals surface area contributed by atoms with Gasteiger partial charge in [-0.2, -0.15) is 5.10 Å². The lowest BCUT2D eigenvalue weighted by molar-refractivity contribution is 0.605. The summed E-state index contributed by atoms with van der Waals surface area (Å²) in [7, 11) is -1.71. The average Bonchev–Trinajstić information content (AvgIpc) is 2.30. The van der Waals surface area contributed by atoms with Gasteiger partial charge in [0, 0.05) is 18.8 Å². The fraction of sp³-hybridized carbons (Fsp3) is 0.500. The molecule has 0 amide bonds. The van der Waals surface area contributed by atoms with Gasteiger partial charge in [0.2, 0.25) is 10.0 Å². The summed E-state index contributed by atoms with van der Waals surface area (Å²) in [6.07, 6.45) is 0. The third-order valence-electron chi connectivity index (χ3n) is 1.52. The van der Waals surface area contributed by atoms with E-state index in [-0.39, 0.29) is 0 Å². The van der Waals surface area contributed by atoms with Gasteiger partial charge in [-0.3, -0.25) is 9.40 Å². The quantitative estimate of drug-likeness (QED) is 0.766. The number of hydrogen-bond acceptors (Lipinski definition) is 3. The van der Waals surface area contributed by atoms with Crippen molar-refractivity contribution >= 4 is 27.4 Å². The lowest BCUT2D eigenvalue weighted by atomic mass is 10.5. The first-order valence-electron chi connectivity index (χ1n) is 3.52. The summed E-state index contributed by atoms with van der Waals surface area (Å²) in [4.78, 5) is 0. The highest BCUT2D eigenvalue weighted by atomic mass is 35.5. The molecule has 0 atom stereocenters. The van der Waals surface area contributed by atoms with Crippen LogP contribution in [-0.4, -0.2) is 23.4 Å². The predicted octanol–water partition coefficient (Wildman–Crippen LogP) is 0.667. The fourth-order valence-electron chi connectivity index (χ4n) is 0.797. The number of anilines is 1. The van der Waals surface area contributed by atoms with Gasteiger partial charge in [-0.05, 0) is 6.92 Å². The van der Waals surface area contributed by atoms with Crippen LogP contribution in [0.15, 0.2) is 6.07 Å². The van der Waals surface area contributed by atoms with Crippen molar-refractivity contribution in [2.45, 2.75) is 6.92 Å². The molecule has 5 nitrogen and oxygen atoms in total. The van der Waals surface area contributed by atoms with Crippen LogP contribution >= 0.6 is 11.6 Å². The summed E-state index contributed by atoms with van der Waals surface area (Å²) < 4.78 is 25.8. The molecule has 1 N–H and O–H groups in total. The van der Waals surface area contributed by atoms with Crippen molar-refractivity contribution in [1.82, 2.24) is 9.78 Å². The van der Waals surface area contributed by atoms with E-state index in [1.165, 1.54) is 0 Å². The van der Waals surface area contributed by atoms with Gasteiger partial charge in [-0.15, -0.1) is 11.6 Å². The SMILES string of the molecule is Cc1cc(NS(=O)(=O)CCl)nn1C. The third kappa shape index (κ3) is 2.60. The molecule has 0 saturated carbocycles. The number of nitrogens with one attached hydrogen (secondary N) is 1. The molecular formula is C6H10ClN3O2S. The van der Waals surface area contributed by atoms with E-state index in [2.05, 4.69) is 9.82 Å². The van der Waals surface area contributed by atoms with Gasteiger partial charge >= 0.3 is 0 Å². The number of halogens is 1. The minimum atomic E-state index is -3.44. The smallest absolute Gasteiger partial charge is 0.248 e. The first kappa shape index (κ1) is 10.3. The Hall–Kier alpha value is -0.750. The maximum absolute atomic E-state index is 11.0. The van der Waals surface area contributed by atoms with E-state index >= 15 is 0 Å². The van der Waals surface area contributed by atoms with E-state index < -0.39 is 15.2 Å². The molecule has 0 aliphatic carbocycles. The summed E-state index contributed by atoms with van der Waals surface area (Å²) in [5, 5.41) is 3.44. The average molecular weight is 224 g/mol. The van der Waals surface area contributed by atoms with Gasteiger partial charge in [0.25, 0.3) is 0 Å². The summed E-state index contributed by atoms with van der Waals surface area (Å²) in [6.45, 7) is 1.82. The zero-order valence-electron chi connectivity index (χ0n) is 7.28. The first-order chi connectivity index (χ1) is 5.94. The molecule has 0 aliphatic rings. The number of hydrogen-bond donors (Lipinski definition) is 1. The minimum Gasteiger partial charge on any atom is -0.271 e. The van der Waals surface area contributed by atoms with Crippen molar-refractivity contribution in [3.63, 3.8) is 0 Å². The van der Waals surface area contributed by atoms with Gasteiger partial charge in [0.1, 0.15) is 5.21 Å². The first-order valence-corrected chi connectivity index (χ1v) is 5.70. The van der Waals surface area contributed by atoms with Gasteiger partial charge < -0.3 is 0 Å². The molecule has 0 aliphatic heterocycles. The molecule has 13 heavy (non-hydrogen) atoms. The van der Waals surface area contributed by atoms with Gasteiger partial charge in [0.15, 0.2) is 5.82 Å². The second-order valence-electron chi connectivity index (χ2n) is 2.62. The van der Waals surface area contributed by atoms with Crippen molar-refractivity contribution in [1.29, 1.82) is 0 Å². The topological polar surface area (TPSA) is 64.0 Å². The summed E-state index contributed by atoms with van der Waals surface area (Å²) >= 11 is 5.20. The minimum absolute atomic E-state index is 0.292. The van der Waals surface area contributed by atoms with E-state index in [0.717, 1.165) is 5.69 Å². The van der Waals surface area contributed by atoms with Gasteiger partial charge in [0.05, 0.1) is 0 Å². The molecule has 0 bridgehead atoms. The highest BCUT2D eigenvalue weighted by Crippen LogP contribution is 2.09. The van der Waals surface area contributed by atoms with E-state index in [9.17, 15) is 8.42 Å². The molecule has 1 rings (SSSR count). The van der Waals surface area contributed by atoms with E-state index in [1.54, 1.807) is 17.8 Å². The monoisotopic (exact) mass is 223 g/mol. The van der Waals surface area contributed by atoms with Crippen LogP contribution in [-0.2, 0) is 17.1 Å². The lowest BCUT2D eigenvalue weighted by Crippen LogP contribution is -2.13. The van der Waals surface area contributed by atoms with Crippen LogP contribution in [0, 0.1) is 6.92 Å². The molecule has 0 radical (unpaired) electrons. The van der Waals surface area contributed by atoms with Crippen LogP contribution in [0.3, 0.4) is 0 Å². The van der Waals surface area contributed by atoms with Gasteiger partial charge in [-0.1, -0.05) is 0 Å². The van der Waals surface area contributed by atoms with Crippen molar-refractivity contribution in [3.8, 4) is 0 Å². The normalized spacial score (nSPS) is 11.6. The summed E-state index contributed by atoms with van der Waals surface area (Å²) in [5.74, 6) is 0.292. The predicted molar refractivity (Wildman–Crippen MR) is 51.2 cm³/mol. The number of sulfonamides is 1. The zero-order chi connectivity index (χ0) is 10.1. The van der Waals surface area contributed by atoms with E-state index in [1.807, 2.05) is 6.92 Å². The van der Waals surface area contributed by atoms with Gasteiger partial charge in [-0.25, -0.2) is 8.42 Å². The molecule has 7 heteroatoms. The number of alkyl halides is 1. The number of rotatable bonds is 3. The second kappa shape index (κ2) is 3.55. The number of nitrogens with zero attached hydrogens (tertiary/aromatic N) is 2. The molecular weight excluding hydrogens is 214 g/mol. The molecule has 74 valence electrons. The van der Waals surface area contributed by atoms with Crippen LogP contribution in [0.4, 0.5) is 5.82 Å². The standard InChI is InChI=1S/C6H10ClN3O2S/c1-5-3-6(8-10(5)2)9-13(11,12)4-7/h3H,4H2,1-2H3,(H,8,9). The molecule has 0 unspecified atom stereocenters. The van der Waals surface area contributed by atoms with Crippen LogP contribution < -0.4 is 4.72 Å².